The molecule has 1 aromatic rings. The van der Waals surface area contributed by atoms with Crippen molar-refractivity contribution in [2.45, 2.75) is 71.6 Å². The van der Waals surface area contributed by atoms with Crippen LogP contribution in [0.2, 0.25) is 0 Å². The Bertz CT molecular complexity index is 385. The molecule has 0 unspecified atom stereocenters. The molecule has 0 saturated heterocycles. The molecular weight excluding hydrogens is 242 g/mol. The summed E-state index contributed by atoms with van der Waals surface area (Å²) in [6.45, 7) is 4.09. The zero-order valence-corrected chi connectivity index (χ0v) is 12.1. The van der Waals surface area contributed by atoms with Crippen LogP contribution in [-0.4, -0.2) is 16.2 Å². The first kappa shape index (κ1) is 15.7. The molecule has 1 N–H and O–H groups in total. The van der Waals surface area contributed by atoms with Gasteiger partial charge in [0.25, 0.3) is 0 Å². The van der Waals surface area contributed by atoms with Crippen LogP contribution in [0.4, 0.5) is 0 Å². The second-order valence-corrected chi connectivity index (χ2v) is 4.96. The van der Waals surface area contributed by atoms with Gasteiger partial charge in [-0.1, -0.05) is 57.5 Å². The van der Waals surface area contributed by atoms with Crippen LogP contribution in [-0.2, 0) is 12.8 Å². The first-order valence-electron chi connectivity index (χ1n) is 7.41. The molecule has 108 valence electrons. The summed E-state index contributed by atoms with van der Waals surface area (Å²) in [6, 6.07) is 0. The van der Waals surface area contributed by atoms with E-state index in [-0.39, 0.29) is 5.56 Å². The smallest absolute Gasteiger partial charge is 0.341 e. The number of carboxylic acids is 1. The van der Waals surface area contributed by atoms with Crippen LogP contribution in [0.15, 0.2) is 4.52 Å². The van der Waals surface area contributed by atoms with E-state index in [1.54, 1.807) is 0 Å². The fourth-order valence-corrected chi connectivity index (χ4v) is 2.27. The van der Waals surface area contributed by atoms with Crippen molar-refractivity contribution in [1.82, 2.24) is 5.16 Å². The molecule has 0 saturated carbocycles. The molecule has 0 amide bonds. The fourth-order valence-electron chi connectivity index (χ4n) is 2.27. The molecular formula is C15H25NO3. The van der Waals surface area contributed by atoms with Gasteiger partial charge in [-0.15, -0.1) is 0 Å². The van der Waals surface area contributed by atoms with E-state index >= 15 is 0 Å². The second-order valence-electron chi connectivity index (χ2n) is 4.96. The molecule has 19 heavy (non-hydrogen) atoms. The first-order chi connectivity index (χ1) is 9.20. The Hall–Kier alpha value is -1.32. The Morgan fingerprint density at radius 2 is 1.74 bits per heavy atom. The number of aromatic nitrogens is 1. The molecule has 1 aromatic heterocycles. The summed E-state index contributed by atoms with van der Waals surface area (Å²) in [4.78, 5) is 11.2. The molecule has 0 fully saturated rings. The van der Waals surface area contributed by atoms with Crippen LogP contribution in [0.3, 0.4) is 0 Å². The number of hydrogen-bond donors (Lipinski definition) is 1. The summed E-state index contributed by atoms with van der Waals surface area (Å²) in [5, 5.41) is 13.1. The van der Waals surface area contributed by atoms with Crippen molar-refractivity contribution >= 4 is 5.97 Å². The summed E-state index contributed by atoms with van der Waals surface area (Å²) in [5.41, 5.74) is 0.895. The van der Waals surface area contributed by atoms with Crippen molar-refractivity contribution in [1.29, 1.82) is 0 Å². The van der Waals surface area contributed by atoms with Gasteiger partial charge >= 0.3 is 5.97 Å². The predicted molar refractivity (Wildman–Crippen MR) is 74.5 cm³/mol. The summed E-state index contributed by atoms with van der Waals surface area (Å²) < 4.78 is 5.09. The Labute approximate surface area is 115 Å². The van der Waals surface area contributed by atoms with Crippen LogP contribution >= 0.6 is 0 Å². The predicted octanol–water partition coefficient (Wildman–Crippen LogP) is 4.23. The molecule has 0 aromatic carbocycles. The molecule has 1 heterocycles. The first-order valence-corrected chi connectivity index (χ1v) is 7.41. The number of aryl methyl sites for hydroxylation is 2. The summed E-state index contributed by atoms with van der Waals surface area (Å²) in [6.07, 6.45) is 9.79. The zero-order chi connectivity index (χ0) is 14.1. The van der Waals surface area contributed by atoms with Crippen LogP contribution in [0.25, 0.3) is 0 Å². The Morgan fingerprint density at radius 3 is 2.32 bits per heavy atom. The molecule has 0 aliphatic rings. The monoisotopic (exact) mass is 267 g/mol. The number of hydrogen-bond acceptors (Lipinski definition) is 3. The zero-order valence-electron chi connectivity index (χ0n) is 12.1. The maximum Gasteiger partial charge on any atom is 0.341 e. The quantitative estimate of drug-likeness (QED) is 0.644. The summed E-state index contributed by atoms with van der Waals surface area (Å²) in [7, 11) is 0. The van der Waals surface area contributed by atoms with Crippen LogP contribution in [0, 0.1) is 0 Å². The molecule has 0 aliphatic carbocycles. The van der Waals surface area contributed by atoms with Crippen LogP contribution in [0.1, 0.15) is 80.6 Å². The minimum atomic E-state index is -0.920. The van der Waals surface area contributed by atoms with E-state index in [9.17, 15) is 4.79 Å². The highest BCUT2D eigenvalue weighted by atomic mass is 16.5. The van der Waals surface area contributed by atoms with Gasteiger partial charge in [-0.05, 0) is 12.8 Å². The minimum absolute atomic E-state index is 0.286. The molecule has 4 heteroatoms. The van der Waals surface area contributed by atoms with Gasteiger partial charge in [0.05, 0.1) is 5.69 Å². The lowest BCUT2D eigenvalue weighted by Crippen LogP contribution is -2.03. The average Bonchev–Trinajstić information content (AvgIpc) is 2.81. The van der Waals surface area contributed by atoms with Crippen molar-refractivity contribution in [2.75, 3.05) is 0 Å². The highest BCUT2D eigenvalue weighted by Gasteiger charge is 2.20. The highest BCUT2D eigenvalue weighted by Crippen LogP contribution is 2.18. The van der Waals surface area contributed by atoms with Crippen molar-refractivity contribution in [3.63, 3.8) is 0 Å². The standard InChI is InChI=1S/C15H25NO3/c1-3-5-6-7-8-9-10-11-12-14(15(17)18)13(4-2)19-16-12/h3-11H2,1-2H3,(H,17,18). The Morgan fingerprint density at radius 1 is 1.11 bits per heavy atom. The topological polar surface area (TPSA) is 63.3 Å². The summed E-state index contributed by atoms with van der Waals surface area (Å²) in [5.74, 6) is -0.429. The Kier molecular flexibility index (Phi) is 7.23. The van der Waals surface area contributed by atoms with E-state index in [4.69, 9.17) is 9.63 Å². The lowest BCUT2D eigenvalue weighted by Gasteiger charge is -2.00. The van der Waals surface area contributed by atoms with Gasteiger partial charge in [0.2, 0.25) is 0 Å². The SMILES string of the molecule is CCCCCCCCCc1noc(CC)c1C(=O)O. The molecule has 1 rings (SSSR count). The van der Waals surface area contributed by atoms with E-state index in [1.807, 2.05) is 6.92 Å². The summed E-state index contributed by atoms with van der Waals surface area (Å²) >= 11 is 0. The molecule has 0 aliphatic heterocycles. The van der Waals surface area contributed by atoms with Crippen molar-refractivity contribution in [3.8, 4) is 0 Å². The lowest BCUT2D eigenvalue weighted by molar-refractivity contribution is 0.0693. The van der Waals surface area contributed by atoms with Gasteiger partial charge < -0.3 is 9.63 Å². The maximum atomic E-state index is 11.2. The Balaban J connectivity index is 2.33. The van der Waals surface area contributed by atoms with E-state index in [0.717, 1.165) is 12.8 Å². The van der Waals surface area contributed by atoms with E-state index in [1.165, 1.54) is 32.1 Å². The largest absolute Gasteiger partial charge is 0.477 e. The van der Waals surface area contributed by atoms with Gasteiger partial charge in [-0.2, -0.15) is 0 Å². The number of nitrogens with zero attached hydrogens (tertiary/aromatic N) is 1. The van der Waals surface area contributed by atoms with Crippen molar-refractivity contribution in [2.24, 2.45) is 0 Å². The molecule has 4 nitrogen and oxygen atoms in total. The maximum absolute atomic E-state index is 11.2. The van der Waals surface area contributed by atoms with Gasteiger partial charge in [0, 0.05) is 6.42 Å². The number of carboxylic acid groups (broad SMARTS) is 1. The number of rotatable bonds is 10. The highest BCUT2D eigenvalue weighted by molar-refractivity contribution is 5.89. The van der Waals surface area contributed by atoms with Crippen LogP contribution in [0.5, 0.6) is 0 Å². The third-order valence-electron chi connectivity index (χ3n) is 3.39. The van der Waals surface area contributed by atoms with E-state index < -0.39 is 5.97 Å². The molecule has 0 spiro atoms. The van der Waals surface area contributed by atoms with Crippen molar-refractivity contribution < 1.29 is 14.4 Å². The van der Waals surface area contributed by atoms with Gasteiger partial charge in [-0.3, -0.25) is 0 Å². The third kappa shape index (κ3) is 5.05. The number of carbonyl (C=O) groups is 1. The lowest BCUT2D eigenvalue weighted by atomic mass is 10.0. The minimum Gasteiger partial charge on any atom is -0.477 e. The number of unbranched alkanes of at least 4 members (excludes halogenated alkanes) is 6. The third-order valence-corrected chi connectivity index (χ3v) is 3.39. The normalized spacial score (nSPS) is 10.8. The number of aromatic carboxylic acids is 1. The second kappa shape index (κ2) is 8.73. The molecule has 0 bridgehead atoms. The van der Waals surface area contributed by atoms with E-state index in [0.29, 0.717) is 24.3 Å². The van der Waals surface area contributed by atoms with Gasteiger partial charge in [0.1, 0.15) is 5.56 Å². The average molecular weight is 267 g/mol. The molecule has 0 radical (unpaired) electrons. The van der Waals surface area contributed by atoms with Crippen LogP contribution < -0.4 is 0 Å². The van der Waals surface area contributed by atoms with Gasteiger partial charge in [0.15, 0.2) is 5.76 Å². The van der Waals surface area contributed by atoms with Gasteiger partial charge in [-0.25, -0.2) is 4.79 Å². The molecule has 0 atom stereocenters. The van der Waals surface area contributed by atoms with Crippen molar-refractivity contribution in [3.05, 3.63) is 17.0 Å². The fraction of sp³-hybridized carbons (Fsp3) is 0.733. The van der Waals surface area contributed by atoms with E-state index in [2.05, 4.69) is 12.1 Å².